The fourth-order valence-electron chi connectivity index (χ4n) is 4.63. The molecule has 1 saturated heterocycles. The number of sulfonamides is 1. The highest BCUT2D eigenvalue weighted by molar-refractivity contribution is 7.89. The molecule has 10 heteroatoms. The lowest BCUT2D eigenvalue weighted by atomic mass is 9.92. The van der Waals surface area contributed by atoms with Gasteiger partial charge in [0.05, 0.1) is 4.90 Å². The van der Waals surface area contributed by atoms with Crippen molar-refractivity contribution in [1.82, 2.24) is 19.8 Å². The topological polar surface area (TPSA) is 116 Å². The normalized spacial score (nSPS) is 19.6. The molecule has 34 heavy (non-hydrogen) atoms. The first-order valence-corrected chi connectivity index (χ1v) is 12.7. The summed E-state index contributed by atoms with van der Waals surface area (Å²) in [6.45, 7) is 4.08. The Bertz CT molecular complexity index is 1220. The summed E-state index contributed by atoms with van der Waals surface area (Å²) in [4.78, 5) is 39.4. The minimum Gasteiger partial charge on any atom is -0.350 e. The number of carbonyl (C=O) groups is 3. The second kappa shape index (κ2) is 9.19. The van der Waals surface area contributed by atoms with E-state index in [0.29, 0.717) is 31.5 Å². The maximum absolute atomic E-state index is 13.2. The molecule has 4 amide bonds. The van der Waals surface area contributed by atoms with Gasteiger partial charge in [-0.1, -0.05) is 50.2 Å². The first-order valence-electron chi connectivity index (χ1n) is 11.3. The molecule has 0 unspecified atom stereocenters. The van der Waals surface area contributed by atoms with Gasteiger partial charge >= 0.3 is 6.03 Å². The van der Waals surface area contributed by atoms with E-state index in [0.717, 1.165) is 16.0 Å². The molecule has 4 rings (SSSR count). The number of nitrogens with zero attached hydrogens (tertiary/aromatic N) is 2. The van der Waals surface area contributed by atoms with Gasteiger partial charge in [0.25, 0.3) is 5.91 Å². The Morgan fingerprint density at radius 3 is 2.44 bits per heavy atom. The summed E-state index contributed by atoms with van der Waals surface area (Å²) >= 11 is 0. The van der Waals surface area contributed by atoms with E-state index in [1.807, 2.05) is 24.3 Å². The highest BCUT2D eigenvalue weighted by Crippen LogP contribution is 2.41. The van der Waals surface area contributed by atoms with E-state index in [1.54, 1.807) is 26.0 Å². The Morgan fingerprint density at radius 2 is 1.76 bits per heavy atom. The lowest BCUT2D eigenvalue weighted by Crippen LogP contribution is -2.43. The third kappa shape index (κ3) is 4.07. The van der Waals surface area contributed by atoms with Crippen molar-refractivity contribution in [2.75, 3.05) is 19.6 Å². The number of aryl methyl sites for hydroxylation is 1. The largest absolute Gasteiger partial charge is 0.350 e. The van der Waals surface area contributed by atoms with Crippen molar-refractivity contribution in [1.29, 1.82) is 0 Å². The molecule has 1 heterocycles. The molecule has 0 bridgehead atoms. The van der Waals surface area contributed by atoms with Crippen molar-refractivity contribution in [3.8, 4) is 0 Å². The Morgan fingerprint density at radius 1 is 1.09 bits per heavy atom. The molecule has 2 N–H and O–H groups in total. The summed E-state index contributed by atoms with van der Waals surface area (Å²) in [6.07, 6.45) is 1.15. The van der Waals surface area contributed by atoms with Gasteiger partial charge in [0.1, 0.15) is 12.1 Å². The molecular formula is C24H28N4O5S. The third-order valence-corrected chi connectivity index (χ3v) is 8.54. The zero-order chi connectivity index (χ0) is 24.5. The number of rotatable bonds is 8. The van der Waals surface area contributed by atoms with E-state index in [9.17, 15) is 22.8 Å². The molecule has 0 saturated carbocycles. The van der Waals surface area contributed by atoms with Crippen LogP contribution in [-0.4, -0.2) is 55.1 Å². The van der Waals surface area contributed by atoms with Gasteiger partial charge in [-0.2, -0.15) is 4.31 Å². The number of imide groups is 1. The number of hydrogen-bond donors (Lipinski definition) is 2. The smallest absolute Gasteiger partial charge is 0.325 e. The Balaban J connectivity index is 1.38. The molecule has 2 aromatic rings. The van der Waals surface area contributed by atoms with E-state index in [2.05, 4.69) is 10.6 Å². The van der Waals surface area contributed by atoms with Crippen molar-refractivity contribution in [2.24, 2.45) is 0 Å². The Labute approximate surface area is 199 Å². The van der Waals surface area contributed by atoms with Gasteiger partial charge < -0.3 is 10.6 Å². The number of hydrogen-bond acceptors (Lipinski definition) is 5. The van der Waals surface area contributed by atoms with Crippen LogP contribution in [-0.2, 0) is 38.1 Å². The first kappa shape index (κ1) is 23.9. The average Bonchev–Trinajstić information content (AvgIpc) is 3.31. The van der Waals surface area contributed by atoms with Crippen LogP contribution in [0.5, 0.6) is 0 Å². The quantitative estimate of drug-likeness (QED) is 0.554. The molecule has 2 aromatic carbocycles. The zero-order valence-electron chi connectivity index (χ0n) is 19.2. The van der Waals surface area contributed by atoms with Gasteiger partial charge in [0.15, 0.2) is 0 Å². The lowest BCUT2D eigenvalue weighted by molar-refractivity contribution is -0.135. The van der Waals surface area contributed by atoms with Crippen LogP contribution in [0.25, 0.3) is 0 Å². The van der Waals surface area contributed by atoms with Crippen LogP contribution < -0.4 is 10.6 Å². The summed E-state index contributed by atoms with van der Waals surface area (Å²) < 4.78 is 26.6. The Hall–Kier alpha value is -3.24. The fraction of sp³-hybridized carbons (Fsp3) is 0.375. The van der Waals surface area contributed by atoms with E-state index in [-0.39, 0.29) is 18.0 Å². The van der Waals surface area contributed by atoms with Gasteiger partial charge in [-0.25, -0.2) is 13.2 Å². The molecule has 1 fully saturated rings. The highest BCUT2D eigenvalue weighted by Gasteiger charge is 2.55. The fourth-order valence-corrected chi connectivity index (χ4v) is 6.08. The number of nitrogens with one attached hydrogen (secondary N) is 2. The molecule has 2 aliphatic rings. The number of benzene rings is 2. The van der Waals surface area contributed by atoms with Crippen LogP contribution in [0.2, 0.25) is 0 Å². The van der Waals surface area contributed by atoms with Gasteiger partial charge in [-0.3, -0.25) is 14.5 Å². The lowest BCUT2D eigenvalue weighted by Gasteiger charge is -2.22. The van der Waals surface area contributed by atoms with Crippen molar-refractivity contribution < 1.29 is 22.8 Å². The standard InChI is InChI=1S/C24H28N4O5S/c1-3-27(4-2)34(32,33)19-11-9-17(10-12-19)15-25-21(29)16-28-22(30)24(26-23(28)31)14-13-18-7-5-6-8-20(18)24/h5-12H,3-4,13-16H2,1-2H3,(H,25,29)(H,26,31)/t24-/m1/s1. The average molecular weight is 485 g/mol. The molecule has 0 aromatic heterocycles. The third-order valence-electron chi connectivity index (χ3n) is 6.48. The van der Waals surface area contributed by atoms with Crippen LogP contribution in [0.3, 0.4) is 0 Å². The van der Waals surface area contributed by atoms with Gasteiger partial charge in [0, 0.05) is 19.6 Å². The van der Waals surface area contributed by atoms with Crippen molar-refractivity contribution in [2.45, 2.75) is 43.7 Å². The van der Waals surface area contributed by atoms with E-state index in [1.165, 1.54) is 16.4 Å². The van der Waals surface area contributed by atoms with Crippen LogP contribution >= 0.6 is 0 Å². The molecule has 9 nitrogen and oxygen atoms in total. The summed E-state index contributed by atoms with van der Waals surface area (Å²) in [7, 11) is -3.55. The summed E-state index contributed by atoms with van der Waals surface area (Å²) in [5.41, 5.74) is 1.41. The van der Waals surface area contributed by atoms with E-state index in [4.69, 9.17) is 0 Å². The highest BCUT2D eigenvalue weighted by atomic mass is 32.2. The number of fused-ring (bicyclic) bond motifs is 2. The first-order chi connectivity index (χ1) is 16.2. The molecule has 1 aliphatic heterocycles. The zero-order valence-corrected chi connectivity index (χ0v) is 20.0. The number of carbonyl (C=O) groups excluding carboxylic acids is 3. The van der Waals surface area contributed by atoms with Gasteiger partial charge in [0.2, 0.25) is 15.9 Å². The molecule has 1 atom stereocenters. The van der Waals surface area contributed by atoms with Crippen molar-refractivity contribution in [3.05, 3.63) is 65.2 Å². The molecular weight excluding hydrogens is 456 g/mol. The Kier molecular flexibility index (Phi) is 6.46. The van der Waals surface area contributed by atoms with Crippen LogP contribution in [0.1, 0.15) is 37.0 Å². The van der Waals surface area contributed by atoms with Gasteiger partial charge in [-0.05, 0) is 41.7 Å². The number of urea groups is 1. The maximum atomic E-state index is 13.2. The van der Waals surface area contributed by atoms with Crippen LogP contribution in [0.4, 0.5) is 4.79 Å². The van der Waals surface area contributed by atoms with Crippen LogP contribution in [0, 0.1) is 0 Å². The predicted octanol–water partition coefficient (Wildman–Crippen LogP) is 1.73. The molecule has 1 aliphatic carbocycles. The SMILES string of the molecule is CCN(CC)S(=O)(=O)c1ccc(CNC(=O)CN2C(=O)N[C@@]3(CCc4ccccc43)C2=O)cc1. The second-order valence-corrected chi connectivity index (χ2v) is 10.3. The minimum absolute atomic E-state index is 0.141. The van der Waals surface area contributed by atoms with Gasteiger partial charge in [-0.15, -0.1) is 0 Å². The predicted molar refractivity (Wildman–Crippen MR) is 125 cm³/mol. The number of amides is 4. The summed E-state index contributed by atoms with van der Waals surface area (Å²) in [6, 6.07) is 13.2. The second-order valence-electron chi connectivity index (χ2n) is 8.39. The van der Waals surface area contributed by atoms with Crippen LogP contribution in [0.15, 0.2) is 53.4 Å². The van der Waals surface area contributed by atoms with E-state index < -0.39 is 33.4 Å². The molecule has 0 radical (unpaired) electrons. The summed E-state index contributed by atoms with van der Waals surface area (Å²) in [5, 5.41) is 5.50. The molecule has 1 spiro atoms. The monoisotopic (exact) mass is 484 g/mol. The molecule has 180 valence electrons. The minimum atomic E-state index is -3.55. The summed E-state index contributed by atoms with van der Waals surface area (Å²) in [5.74, 6) is -0.893. The van der Waals surface area contributed by atoms with Crippen molar-refractivity contribution in [3.63, 3.8) is 0 Å². The maximum Gasteiger partial charge on any atom is 0.325 e. The van der Waals surface area contributed by atoms with Crippen molar-refractivity contribution >= 4 is 27.9 Å². The van der Waals surface area contributed by atoms with E-state index >= 15 is 0 Å².